The van der Waals surface area contributed by atoms with Crippen LogP contribution in [0.4, 0.5) is 0 Å². The molecule has 0 aromatic carbocycles. The lowest BCUT2D eigenvalue weighted by Crippen LogP contribution is -2.42. The molecule has 0 spiro atoms. The number of nitrogens with zero attached hydrogens (tertiary/aromatic N) is 4. The molecule has 0 aliphatic carbocycles. The summed E-state index contributed by atoms with van der Waals surface area (Å²) < 4.78 is 42.7. The monoisotopic (exact) mass is 554 g/mol. The molecule has 0 atom stereocenters. The Morgan fingerprint density at radius 1 is 0.553 bits per heavy atom. The molecule has 0 aliphatic rings. The SMILES string of the molecule is [N-]=[N+]=NCCOCCOCCOCCOCCOCCOCCOCCOCCN(C(=O)CO)C(=O)CO. The Labute approximate surface area is 222 Å². The maximum absolute atomic E-state index is 11.4. The standard InChI is InChI=1S/C22H42N4O12/c23-25-24-1-3-31-5-7-33-9-11-35-13-15-37-17-18-38-16-14-36-12-10-34-8-6-32-4-2-26(21(29)19-27)22(30)20-28/h27-28H,1-20H2. The number of carbonyl (C=O) groups excluding carboxylic acids is 2. The molecule has 16 heteroatoms. The van der Waals surface area contributed by atoms with Crippen LogP contribution in [0.2, 0.25) is 0 Å². The van der Waals surface area contributed by atoms with Gasteiger partial charge in [0.2, 0.25) is 0 Å². The highest BCUT2D eigenvalue weighted by Gasteiger charge is 2.19. The molecule has 2 amide bonds. The van der Waals surface area contributed by atoms with Crippen molar-refractivity contribution < 1.29 is 57.7 Å². The molecule has 222 valence electrons. The number of aliphatic hydroxyl groups excluding tert-OH is 2. The van der Waals surface area contributed by atoms with Crippen molar-refractivity contribution in [1.82, 2.24) is 4.90 Å². The molecule has 0 aromatic rings. The van der Waals surface area contributed by atoms with Gasteiger partial charge in [0, 0.05) is 11.5 Å². The lowest BCUT2D eigenvalue weighted by atomic mass is 10.4. The van der Waals surface area contributed by atoms with Crippen molar-refractivity contribution >= 4 is 11.8 Å². The van der Waals surface area contributed by atoms with Gasteiger partial charge in [-0.25, -0.2) is 0 Å². The maximum Gasteiger partial charge on any atom is 0.255 e. The van der Waals surface area contributed by atoms with Crippen LogP contribution in [-0.4, -0.2) is 159 Å². The first-order chi connectivity index (χ1) is 18.7. The van der Waals surface area contributed by atoms with Crippen LogP contribution in [0.1, 0.15) is 0 Å². The van der Waals surface area contributed by atoms with E-state index in [1.54, 1.807) is 0 Å². The van der Waals surface area contributed by atoms with Gasteiger partial charge in [0.05, 0.1) is 112 Å². The molecule has 0 saturated carbocycles. The third-order valence-electron chi connectivity index (χ3n) is 4.33. The molecule has 0 aliphatic heterocycles. The summed E-state index contributed by atoms with van der Waals surface area (Å²) in [6, 6.07) is 0. The van der Waals surface area contributed by atoms with E-state index in [4.69, 9.17) is 53.6 Å². The van der Waals surface area contributed by atoms with Gasteiger partial charge in [-0.2, -0.15) is 0 Å². The van der Waals surface area contributed by atoms with Crippen molar-refractivity contribution in [3.63, 3.8) is 0 Å². The first-order valence-corrected chi connectivity index (χ1v) is 12.3. The van der Waals surface area contributed by atoms with Crippen LogP contribution in [0, 0.1) is 0 Å². The van der Waals surface area contributed by atoms with Crippen LogP contribution in [0.15, 0.2) is 5.11 Å². The minimum absolute atomic E-state index is 0.0583. The van der Waals surface area contributed by atoms with Crippen LogP contribution < -0.4 is 0 Å². The largest absolute Gasteiger partial charge is 0.387 e. The highest BCUT2D eigenvalue weighted by Crippen LogP contribution is 1.93. The molecule has 0 bridgehead atoms. The summed E-state index contributed by atoms with van der Waals surface area (Å²) in [6.45, 7) is 4.93. The normalized spacial score (nSPS) is 10.9. The molecule has 0 fully saturated rings. The Morgan fingerprint density at radius 2 is 0.842 bits per heavy atom. The van der Waals surface area contributed by atoms with E-state index in [9.17, 15) is 9.59 Å². The van der Waals surface area contributed by atoms with Crippen LogP contribution in [0.25, 0.3) is 10.4 Å². The number of rotatable bonds is 29. The average molecular weight is 555 g/mol. The summed E-state index contributed by atoms with van der Waals surface area (Å²) in [7, 11) is 0. The van der Waals surface area contributed by atoms with E-state index >= 15 is 0 Å². The topological polar surface area (TPSA) is 200 Å². The summed E-state index contributed by atoms with van der Waals surface area (Å²) in [5, 5.41) is 21.0. The predicted octanol–water partition coefficient (Wildman–Crippen LogP) is -1.23. The lowest BCUT2D eigenvalue weighted by Gasteiger charge is -2.18. The zero-order valence-corrected chi connectivity index (χ0v) is 21.9. The molecular formula is C22H42N4O12. The highest BCUT2D eigenvalue weighted by molar-refractivity contribution is 5.96. The van der Waals surface area contributed by atoms with Gasteiger partial charge in [0.1, 0.15) is 13.2 Å². The van der Waals surface area contributed by atoms with Crippen LogP contribution in [0.3, 0.4) is 0 Å². The molecule has 0 rings (SSSR count). The van der Waals surface area contributed by atoms with Crippen molar-refractivity contribution in [3.8, 4) is 0 Å². The van der Waals surface area contributed by atoms with Crippen molar-refractivity contribution in [2.45, 2.75) is 0 Å². The van der Waals surface area contributed by atoms with Crippen LogP contribution in [-0.2, 0) is 47.5 Å². The maximum atomic E-state index is 11.4. The molecule has 0 saturated heterocycles. The number of hydrogen-bond acceptors (Lipinski definition) is 13. The third kappa shape index (κ3) is 24.4. The van der Waals surface area contributed by atoms with E-state index in [0.717, 1.165) is 4.90 Å². The summed E-state index contributed by atoms with van der Waals surface area (Å²) in [6.07, 6.45) is 0. The lowest BCUT2D eigenvalue weighted by molar-refractivity contribution is -0.149. The Balaban J connectivity index is 3.23. The molecule has 2 N–H and O–H groups in total. The number of imide groups is 1. The van der Waals surface area contributed by atoms with Gasteiger partial charge in [0.25, 0.3) is 11.8 Å². The van der Waals surface area contributed by atoms with E-state index in [0.29, 0.717) is 99.0 Å². The van der Waals surface area contributed by atoms with Crippen LogP contribution in [0.5, 0.6) is 0 Å². The second kappa shape index (κ2) is 29.6. The van der Waals surface area contributed by atoms with Gasteiger partial charge in [-0.15, -0.1) is 0 Å². The van der Waals surface area contributed by atoms with Crippen molar-refractivity contribution in [3.05, 3.63) is 10.4 Å². The van der Waals surface area contributed by atoms with Gasteiger partial charge in [0.15, 0.2) is 0 Å². The average Bonchev–Trinajstić information content (AvgIpc) is 2.93. The van der Waals surface area contributed by atoms with Gasteiger partial charge >= 0.3 is 0 Å². The fraction of sp³-hybridized carbons (Fsp3) is 0.909. The van der Waals surface area contributed by atoms with Crippen LogP contribution >= 0.6 is 0 Å². The Morgan fingerprint density at radius 3 is 1.13 bits per heavy atom. The van der Waals surface area contributed by atoms with E-state index in [1.165, 1.54) is 0 Å². The number of azide groups is 1. The first kappa shape index (κ1) is 36.0. The van der Waals surface area contributed by atoms with Gasteiger partial charge < -0.3 is 48.1 Å². The Hall–Kier alpha value is -1.95. The summed E-state index contributed by atoms with van der Waals surface area (Å²) in [5.41, 5.74) is 8.11. The minimum Gasteiger partial charge on any atom is -0.387 e. The van der Waals surface area contributed by atoms with E-state index < -0.39 is 25.0 Å². The molecule has 0 heterocycles. The Bertz CT molecular complexity index is 595. The Kier molecular flexibility index (Phi) is 28.1. The number of amides is 2. The molecule has 0 radical (unpaired) electrons. The van der Waals surface area contributed by atoms with Crippen molar-refractivity contribution in [2.75, 3.05) is 132 Å². The third-order valence-corrected chi connectivity index (χ3v) is 4.33. The van der Waals surface area contributed by atoms with E-state index in [-0.39, 0.29) is 19.8 Å². The molecule has 0 aromatic heterocycles. The number of hydrogen-bond donors (Lipinski definition) is 2. The number of carbonyl (C=O) groups is 2. The van der Waals surface area contributed by atoms with Gasteiger partial charge in [-0.1, -0.05) is 5.11 Å². The van der Waals surface area contributed by atoms with Crippen molar-refractivity contribution in [1.29, 1.82) is 0 Å². The highest BCUT2D eigenvalue weighted by atomic mass is 16.6. The predicted molar refractivity (Wildman–Crippen MR) is 131 cm³/mol. The molecular weight excluding hydrogens is 512 g/mol. The summed E-state index contributed by atoms with van der Waals surface area (Å²) >= 11 is 0. The summed E-state index contributed by atoms with van der Waals surface area (Å²) in [4.78, 5) is 26.2. The second-order valence-corrected chi connectivity index (χ2v) is 7.11. The molecule has 16 nitrogen and oxygen atoms in total. The molecule has 0 unspecified atom stereocenters. The fourth-order valence-corrected chi connectivity index (χ4v) is 2.51. The zero-order valence-electron chi connectivity index (χ0n) is 21.9. The zero-order chi connectivity index (χ0) is 27.9. The van der Waals surface area contributed by atoms with Gasteiger partial charge in [-0.05, 0) is 5.53 Å². The number of aliphatic hydroxyl groups is 2. The van der Waals surface area contributed by atoms with Gasteiger partial charge in [-0.3, -0.25) is 14.5 Å². The summed E-state index contributed by atoms with van der Waals surface area (Å²) in [5.74, 6) is -1.58. The quantitative estimate of drug-likeness (QED) is 0.0483. The van der Waals surface area contributed by atoms with E-state index in [2.05, 4.69) is 10.0 Å². The first-order valence-electron chi connectivity index (χ1n) is 12.3. The second-order valence-electron chi connectivity index (χ2n) is 7.11. The van der Waals surface area contributed by atoms with Crippen molar-refractivity contribution in [2.24, 2.45) is 5.11 Å². The fourth-order valence-electron chi connectivity index (χ4n) is 2.51. The smallest absolute Gasteiger partial charge is 0.255 e. The number of ether oxygens (including phenoxy) is 8. The molecule has 38 heavy (non-hydrogen) atoms. The van der Waals surface area contributed by atoms with E-state index in [1.807, 2.05) is 0 Å². The minimum atomic E-state index is -0.816.